The molecule has 0 saturated heterocycles. The summed E-state index contributed by atoms with van der Waals surface area (Å²) in [7, 11) is 1.86. The van der Waals surface area contributed by atoms with Gasteiger partial charge in [0.2, 0.25) is 0 Å². The Balaban J connectivity index is 2.30. The van der Waals surface area contributed by atoms with E-state index in [1.807, 2.05) is 14.0 Å². The summed E-state index contributed by atoms with van der Waals surface area (Å²) in [6.45, 7) is 2.01. The largest absolute Gasteiger partial charge is 0.334 e. The van der Waals surface area contributed by atoms with Crippen LogP contribution in [0.3, 0.4) is 0 Å². The van der Waals surface area contributed by atoms with Gasteiger partial charge in [-0.15, -0.1) is 11.8 Å². The van der Waals surface area contributed by atoms with Gasteiger partial charge in [0.1, 0.15) is 0 Å². The third-order valence-electron chi connectivity index (χ3n) is 3.07. The number of hydrogen-bond donors (Lipinski definition) is 1. The molecule has 2 rings (SSSR count). The first kappa shape index (κ1) is 15.5. The molecule has 1 heterocycles. The van der Waals surface area contributed by atoms with Crippen LogP contribution in [0.15, 0.2) is 27.6 Å². The molecule has 0 aliphatic rings. The first-order valence-electron chi connectivity index (χ1n) is 6.37. The molecule has 0 fully saturated rings. The smallest absolute Gasteiger partial charge is 0.283 e. The summed E-state index contributed by atoms with van der Waals surface area (Å²) in [5.74, 6) is 0.868. The Bertz CT molecular complexity index is 644. The van der Waals surface area contributed by atoms with E-state index in [1.54, 1.807) is 18.4 Å². The van der Waals surface area contributed by atoms with Crippen LogP contribution in [-0.4, -0.2) is 34.4 Å². The number of rotatable bonds is 6. The molecule has 1 atom stereocenters. The molecular weight excluding hydrogens is 292 g/mol. The number of thioether (sulfide) groups is 1. The van der Waals surface area contributed by atoms with Crippen molar-refractivity contribution >= 4 is 17.4 Å². The van der Waals surface area contributed by atoms with Crippen LogP contribution in [0.2, 0.25) is 0 Å². The summed E-state index contributed by atoms with van der Waals surface area (Å²) in [6.07, 6.45) is 2.43. The Morgan fingerprint density at radius 3 is 2.90 bits per heavy atom. The zero-order chi connectivity index (χ0) is 15.4. The minimum absolute atomic E-state index is 0.0448. The number of hydrogen-bond acceptors (Lipinski definition) is 7. The second kappa shape index (κ2) is 6.68. The molecule has 1 N–H and O–H groups in total. The fourth-order valence-electron chi connectivity index (χ4n) is 1.80. The normalized spacial score (nSPS) is 12.3. The molecule has 0 saturated carbocycles. The molecule has 112 valence electrons. The first-order chi connectivity index (χ1) is 10.0. The van der Waals surface area contributed by atoms with Crippen molar-refractivity contribution in [3.8, 4) is 11.5 Å². The molecule has 0 aliphatic carbocycles. The average molecular weight is 308 g/mol. The van der Waals surface area contributed by atoms with E-state index in [0.29, 0.717) is 28.6 Å². The molecule has 21 heavy (non-hydrogen) atoms. The predicted molar refractivity (Wildman–Crippen MR) is 80.4 cm³/mol. The Morgan fingerprint density at radius 1 is 1.52 bits per heavy atom. The average Bonchev–Trinajstić information content (AvgIpc) is 2.94. The minimum Gasteiger partial charge on any atom is -0.334 e. The van der Waals surface area contributed by atoms with E-state index in [0.717, 1.165) is 0 Å². The molecule has 0 bridgehead atoms. The van der Waals surface area contributed by atoms with Gasteiger partial charge in [0.25, 0.3) is 11.6 Å². The van der Waals surface area contributed by atoms with Gasteiger partial charge in [-0.3, -0.25) is 10.1 Å². The van der Waals surface area contributed by atoms with Crippen molar-refractivity contribution in [2.24, 2.45) is 0 Å². The van der Waals surface area contributed by atoms with Crippen molar-refractivity contribution < 1.29 is 9.45 Å². The van der Waals surface area contributed by atoms with Crippen LogP contribution in [0.25, 0.3) is 11.5 Å². The standard InChI is InChI=1S/C13H16N4O3S/c1-8(14-2)6-12-15-13(20-16-12)9-4-5-11(21-3)10(7-9)17(18)19/h4-5,7-8,14H,6H2,1-3H3. The van der Waals surface area contributed by atoms with Gasteiger partial charge in [-0.25, -0.2) is 0 Å². The zero-order valence-electron chi connectivity index (χ0n) is 12.0. The Hall–Kier alpha value is -1.93. The van der Waals surface area contributed by atoms with Gasteiger partial charge in [-0.05, 0) is 32.4 Å². The number of benzene rings is 1. The Morgan fingerprint density at radius 2 is 2.29 bits per heavy atom. The number of nitrogens with zero attached hydrogens (tertiary/aromatic N) is 3. The minimum atomic E-state index is -0.407. The second-order valence-corrected chi connectivity index (χ2v) is 5.40. The van der Waals surface area contributed by atoms with Crippen molar-refractivity contribution in [1.29, 1.82) is 0 Å². The SMILES string of the molecule is CNC(C)Cc1noc(-c2ccc(SC)c([N+](=O)[O-])c2)n1. The topological polar surface area (TPSA) is 94.1 Å². The summed E-state index contributed by atoms with van der Waals surface area (Å²) < 4.78 is 5.19. The third-order valence-corrected chi connectivity index (χ3v) is 3.86. The highest BCUT2D eigenvalue weighted by Gasteiger charge is 2.18. The fourth-order valence-corrected chi connectivity index (χ4v) is 2.34. The van der Waals surface area contributed by atoms with E-state index in [4.69, 9.17) is 4.52 Å². The summed E-state index contributed by atoms with van der Waals surface area (Å²) in [5, 5.41) is 18.1. The van der Waals surface area contributed by atoms with Gasteiger partial charge in [0, 0.05) is 24.1 Å². The lowest BCUT2D eigenvalue weighted by Crippen LogP contribution is -2.24. The molecule has 2 aromatic rings. The van der Waals surface area contributed by atoms with Crippen LogP contribution in [0.4, 0.5) is 5.69 Å². The van der Waals surface area contributed by atoms with E-state index >= 15 is 0 Å². The van der Waals surface area contributed by atoms with Gasteiger partial charge in [0.15, 0.2) is 5.82 Å². The third kappa shape index (κ3) is 3.59. The maximum Gasteiger partial charge on any atom is 0.283 e. The van der Waals surface area contributed by atoms with Crippen molar-refractivity contribution in [3.05, 3.63) is 34.1 Å². The lowest BCUT2D eigenvalue weighted by atomic mass is 10.2. The molecule has 0 radical (unpaired) electrons. The number of nitro benzene ring substituents is 1. The first-order valence-corrected chi connectivity index (χ1v) is 7.60. The van der Waals surface area contributed by atoms with Gasteiger partial charge < -0.3 is 9.84 Å². The summed E-state index contributed by atoms with van der Waals surface area (Å²) >= 11 is 1.33. The molecule has 0 spiro atoms. The van der Waals surface area contributed by atoms with E-state index in [1.165, 1.54) is 17.8 Å². The summed E-state index contributed by atoms with van der Waals surface area (Å²) in [5.41, 5.74) is 0.596. The van der Waals surface area contributed by atoms with Crippen LogP contribution in [0, 0.1) is 10.1 Å². The molecule has 7 nitrogen and oxygen atoms in total. The van der Waals surface area contributed by atoms with Crippen molar-refractivity contribution in [1.82, 2.24) is 15.5 Å². The monoisotopic (exact) mass is 308 g/mol. The Kier molecular flexibility index (Phi) is 4.92. The number of likely N-dealkylation sites (N-methyl/N-ethyl adjacent to an activating group) is 1. The quantitative estimate of drug-likeness (QED) is 0.497. The number of nitrogens with one attached hydrogen (secondary N) is 1. The van der Waals surface area contributed by atoms with Crippen LogP contribution in [-0.2, 0) is 6.42 Å². The zero-order valence-corrected chi connectivity index (χ0v) is 12.8. The van der Waals surface area contributed by atoms with Crippen LogP contribution < -0.4 is 5.32 Å². The highest BCUT2D eigenvalue weighted by atomic mass is 32.2. The fraction of sp³-hybridized carbons (Fsp3) is 0.385. The number of aromatic nitrogens is 2. The van der Waals surface area contributed by atoms with E-state index < -0.39 is 4.92 Å². The molecule has 1 unspecified atom stereocenters. The van der Waals surface area contributed by atoms with Gasteiger partial charge in [0.05, 0.1) is 9.82 Å². The molecular formula is C13H16N4O3S. The van der Waals surface area contributed by atoms with Crippen LogP contribution in [0.1, 0.15) is 12.7 Å². The van der Waals surface area contributed by atoms with Crippen molar-refractivity contribution in [2.45, 2.75) is 24.3 Å². The van der Waals surface area contributed by atoms with Gasteiger partial charge >= 0.3 is 0 Å². The molecule has 1 aromatic carbocycles. The van der Waals surface area contributed by atoms with Gasteiger partial charge in [-0.2, -0.15) is 4.98 Å². The highest BCUT2D eigenvalue weighted by molar-refractivity contribution is 7.98. The maximum atomic E-state index is 11.1. The second-order valence-electron chi connectivity index (χ2n) is 4.55. The van der Waals surface area contributed by atoms with E-state index in [2.05, 4.69) is 15.5 Å². The maximum absolute atomic E-state index is 11.1. The van der Waals surface area contributed by atoms with Crippen molar-refractivity contribution in [3.63, 3.8) is 0 Å². The van der Waals surface area contributed by atoms with Gasteiger partial charge in [-0.1, -0.05) is 5.16 Å². The Labute approximate surface area is 126 Å². The molecule has 0 amide bonds. The summed E-state index contributed by atoms with van der Waals surface area (Å²) in [6, 6.07) is 5.13. The van der Waals surface area contributed by atoms with Crippen LogP contribution >= 0.6 is 11.8 Å². The highest BCUT2D eigenvalue weighted by Crippen LogP contribution is 2.31. The summed E-state index contributed by atoms with van der Waals surface area (Å²) in [4.78, 5) is 15.5. The lowest BCUT2D eigenvalue weighted by molar-refractivity contribution is -0.387. The molecule has 8 heteroatoms. The predicted octanol–water partition coefficient (Wildman–Crippen LogP) is 2.52. The lowest BCUT2D eigenvalue weighted by Gasteiger charge is -2.04. The molecule has 0 aliphatic heterocycles. The molecule has 1 aromatic heterocycles. The van der Waals surface area contributed by atoms with Crippen LogP contribution in [0.5, 0.6) is 0 Å². The van der Waals surface area contributed by atoms with Crippen molar-refractivity contribution in [2.75, 3.05) is 13.3 Å². The van der Waals surface area contributed by atoms with E-state index in [9.17, 15) is 10.1 Å². The van der Waals surface area contributed by atoms with E-state index in [-0.39, 0.29) is 11.7 Å². The number of nitro groups is 1.